The predicted octanol–water partition coefficient (Wildman–Crippen LogP) is 4.98. The van der Waals surface area contributed by atoms with E-state index >= 15 is 0 Å². The van der Waals surface area contributed by atoms with E-state index < -0.39 is 5.54 Å². The van der Waals surface area contributed by atoms with Gasteiger partial charge in [0.2, 0.25) is 0 Å². The normalized spacial score (nSPS) is 16.3. The van der Waals surface area contributed by atoms with E-state index in [0.717, 1.165) is 15.4 Å². The van der Waals surface area contributed by atoms with Gasteiger partial charge in [0.25, 0.3) is 5.91 Å². The highest BCUT2D eigenvalue weighted by atomic mass is 35.5. The molecule has 1 N–H and O–H groups in total. The number of aromatic nitrogens is 1. The molecular weight excluding hydrogens is 396 g/mol. The van der Waals surface area contributed by atoms with E-state index in [1.165, 1.54) is 11.3 Å². The van der Waals surface area contributed by atoms with Crippen LogP contribution in [0.25, 0.3) is 16.1 Å². The van der Waals surface area contributed by atoms with E-state index in [0.29, 0.717) is 28.5 Å². The Balaban J connectivity index is 2.09. The first-order valence-electron chi connectivity index (χ1n) is 9.08. The molecule has 1 aromatic carbocycles. The van der Waals surface area contributed by atoms with Crippen molar-refractivity contribution in [2.75, 3.05) is 0 Å². The number of nitrogens with zero attached hydrogens (tertiary/aromatic N) is 1. The third-order valence-corrected chi connectivity index (χ3v) is 5.65. The molecule has 0 radical (unpaired) electrons. The molecule has 148 valence electrons. The van der Waals surface area contributed by atoms with Gasteiger partial charge in [-0.15, -0.1) is 11.3 Å². The summed E-state index contributed by atoms with van der Waals surface area (Å²) in [6.45, 7) is 9.25. The van der Waals surface area contributed by atoms with Gasteiger partial charge in [-0.2, -0.15) is 0 Å². The Bertz CT molecular complexity index is 959. The lowest BCUT2D eigenvalue weighted by Gasteiger charge is -2.33. The number of halogens is 1. The van der Waals surface area contributed by atoms with Gasteiger partial charge < -0.3 is 10.1 Å². The average Bonchev–Trinajstić information content (AvgIpc) is 2.95. The van der Waals surface area contributed by atoms with Gasteiger partial charge >= 0.3 is 5.97 Å². The van der Waals surface area contributed by atoms with Crippen LogP contribution in [0.5, 0.6) is 0 Å². The molecule has 0 bridgehead atoms. The summed E-state index contributed by atoms with van der Waals surface area (Å²) in [6, 6.07) is 7.39. The van der Waals surface area contributed by atoms with Crippen LogP contribution < -0.4 is 5.32 Å². The Kier molecular flexibility index (Phi) is 5.64. The highest BCUT2D eigenvalue weighted by molar-refractivity contribution is 7.15. The minimum atomic E-state index is -0.504. The van der Waals surface area contributed by atoms with Crippen LogP contribution in [0.4, 0.5) is 0 Å². The van der Waals surface area contributed by atoms with Crippen molar-refractivity contribution in [2.45, 2.75) is 46.6 Å². The van der Waals surface area contributed by atoms with E-state index in [2.05, 4.69) is 5.32 Å². The first-order valence-corrected chi connectivity index (χ1v) is 10.3. The second kappa shape index (κ2) is 7.68. The molecule has 1 aromatic heterocycles. The summed E-state index contributed by atoms with van der Waals surface area (Å²) in [5.74, 6) is -0.547. The summed E-state index contributed by atoms with van der Waals surface area (Å²) in [4.78, 5) is 30.7. The molecular formula is C21H23ClN2O3S. The van der Waals surface area contributed by atoms with Gasteiger partial charge in [-0.1, -0.05) is 37.6 Å². The van der Waals surface area contributed by atoms with Gasteiger partial charge in [0.05, 0.1) is 11.6 Å². The highest BCUT2D eigenvalue weighted by Crippen LogP contribution is 2.37. The van der Waals surface area contributed by atoms with Crippen LogP contribution in [0.15, 0.2) is 30.0 Å². The summed E-state index contributed by atoms with van der Waals surface area (Å²) in [5.41, 5.74) is 1.30. The lowest BCUT2D eigenvalue weighted by Crippen LogP contribution is -2.48. The number of nitrogens with one attached hydrogen (secondary N) is 1. The Morgan fingerprint density at radius 1 is 1.29 bits per heavy atom. The van der Waals surface area contributed by atoms with Crippen LogP contribution in [-0.4, -0.2) is 22.4 Å². The Hall–Kier alpha value is -2.18. The fourth-order valence-corrected chi connectivity index (χ4v) is 3.99. The van der Waals surface area contributed by atoms with Crippen molar-refractivity contribution >= 4 is 40.4 Å². The maximum atomic E-state index is 12.9. The fourth-order valence-electron chi connectivity index (χ4n) is 2.94. The minimum absolute atomic E-state index is 0.279. The number of esters is 1. The van der Waals surface area contributed by atoms with Crippen molar-refractivity contribution in [3.05, 3.63) is 45.6 Å². The van der Waals surface area contributed by atoms with Gasteiger partial charge in [-0.3, -0.25) is 9.59 Å². The van der Waals surface area contributed by atoms with E-state index in [9.17, 15) is 9.59 Å². The minimum Gasteiger partial charge on any atom is -0.430 e. The molecule has 0 spiro atoms. The molecule has 0 fully saturated rings. The summed E-state index contributed by atoms with van der Waals surface area (Å²) >= 11 is 7.46. The number of carbonyl (C=O) groups is 2. The highest BCUT2D eigenvalue weighted by Gasteiger charge is 2.37. The van der Waals surface area contributed by atoms with Gasteiger partial charge in [-0.05, 0) is 32.9 Å². The summed E-state index contributed by atoms with van der Waals surface area (Å²) in [6.07, 6.45) is 0.416. The van der Waals surface area contributed by atoms with Crippen molar-refractivity contribution in [3.63, 3.8) is 0 Å². The van der Waals surface area contributed by atoms with Crippen LogP contribution in [0, 0.1) is 12.8 Å². The topological polar surface area (TPSA) is 68.3 Å². The molecule has 1 aliphatic heterocycles. The average molecular weight is 419 g/mol. The number of aryl methyl sites for hydroxylation is 1. The molecule has 0 saturated heterocycles. The predicted molar refractivity (Wildman–Crippen MR) is 112 cm³/mol. The number of amides is 1. The van der Waals surface area contributed by atoms with Crippen LogP contribution in [0.1, 0.15) is 44.7 Å². The molecule has 0 saturated carbocycles. The molecule has 3 rings (SSSR count). The van der Waals surface area contributed by atoms with Crippen LogP contribution in [0.3, 0.4) is 0 Å². The molecule has 0 aliphatic carbocycles. The lowest BCUT2D eigenvalue weighted by atomic mass is 9.90. The monoisotopic (exact) mass is 418 g/mol. The van der Waals surface area contributed by atoms with Crippen molar-refractivity contribution < 1.29 is 14.3 Å². The van der Waals surface area contributed by atoms with Gasteiger partial charge in [0.15, 0.2) is 0 Å². The van der Waals surface area contributed by atoms with Crippen molar-refractivity contribution in [1.82, 2.24) is 10.3 Å². The number of hydrogen-bond acceptors (Lipinski definition) is 5. The van der Waals surface area contributed by atoms with Crippen molar-refractivity contribution in [1.29, 1.82) is 0 Å². The molecule has 1 amide bonds. The molecule has 7 heteroatoms. The van der Waals surface area contributed by atoms with Crippen LogP contribution in [-0.2, 0) is 14.3 Å². The Morgan fingerprint density at radius 2 is 1.93 bits per heavy atom. The maximum Gasteiger partial charge on any atom is 0.313 e. The first kappa shape index (κ1) is 20.6. The number of ether oxygens (including phenoxy) is 1. The van der Waals surface area contributed by atoms with Crippen molar-refractivity contribution in [2.24, 2.45) is 5.92 Å². The van der Waals surface area contributed by atoms with E-state index in [4.69, 9.17) is 21.3 Å². The van der Waals surface area contributed by atoms with Crippen LogP contribution >= 0.6 is 22.9 Å². The van der Waals surface area contributed by atoms with Gasteiger partial charge in [0.1, 0.15) is 16.3 Å². The second-order valence-corrected chi connectivity index (χ2v) is 9.46. The summed E-state index contributed by atoms with van der Waals surface area (Å²) < 4.78 is 5.64. The zero-order valence-corrected chi connectivity index (χ0v) is 18.1. The molecule has 5 nitrogen and oxygen atoms in total. The number of thiazole rings is 1. The standard InChI is InChI=1S/C21H23ClN2O3S/c1-11(2)20(26)27-15-10-21(4,5)24-18(25)16(15)17-12(3)28-19(23-17)13-6-8-14(22)9-7-13/h6-9,11H,10H2,1-5H3,(H,24,25). The van der Waals surface area contributed by atoms with E-state index in [-0.39, 0.29) is 17.8 Å². The van der Waals surface area contributed by atoms with Gasteiger partial charge in [0, 0.05) is 27.4 Å². The van der Waals surface area contributed by atoms with E-state index in [1.54, 1.807) is 26.0 Å². The van der Waals surface area contributed by atoms with Crippen LogP contribution in [0.2, 0.25) is 5.02 Å². The first-order chi connectivity index (χ1) is 13.1. The zero-order valence-electron chi connectivity index (χ0n) is 16.6. The molecule has 2 aromatic rings. The number of benzene rings is 1. The fraction of sp³-hybridized carbons (Fsp3) is 0.381. The summed E-state index contributed by atoms with van der Waals surface area (Å²) in [7, 11) is 0. The molecule has 0 atom stereocenters. The smallest absolute Gasteiger partial charge is 0.313 e. The number of hydrogen-bond donors (Lipinski definition) is 1. The SMILES string of the molecule is Cc1sc(-c2ccc(Cl)cc2)nc1C1=C(OC(=O)C(C)C)CC(C)(C)NC1=O. The third kappa shape index (κ3) is 4.28. The van der Waals surface area contributed by atoms with E-state index in [1.807, 2.05) is 32.9 Å². The van der Waals surface area contributed by atoms with Gasteiger partial charge in [-0.25, -0.2) is 4.98 Å². The molecule has 1 aliphatic rings. The molecule has 2 heterocycles. The molecule has 28 heavy (non-hydrogen) atoms. The lowest BCUT2D eigenvalue weighted by molar-refractivity contribution is -0.143. The zero-order chi connectivity index (χ0) is 20.6. The Morgan fingerprint density at radius 3 is 2.54 bits per heavy atom. The third-order valence-electron chi connectivity index (χ3n) is 4.38. The Labute approximate surface area is 173 Å². The quantitative estimate of drug-likeness (QED) is 0.711. The van der Waals surface area contributed by atoms with Crippen molar-refractivity contribution in [3.8, 4) is 10.6 Å². The largest absolute Gasteiger partial charge is 0.430 e. The second-order valence-electron chi connectivity index (χ2n) is 7.82. The number of carbonyl (C=O) groups excluding carboxylic acids is 2. The number of rotatable bonds is 4. The molecule has 0 unspecified atom stereocenters. The summed E-state index contributed by atoms with van der Waals surface area (Å²) in [5, 5.41) is 4.41. The maximum absolute atomic E-state index is 12.9.